The number of carbonyl (C=O) groups excluding carboxylic acids is 1. The predicted octanol–water partition coefficient (Wildman–Crippen LogP) is 1.98. The zero-order chi connectivity index (χ0) is 17.4. The van der Waals surface area contributed by atoms with Crippen LogP contribution < -0.4 is 10.2 Å². The van der Waals surface area contributed by atoms with Crippen molar-refractivity contribution in [2.24, 2.45) is 5.10 Å². The molecule has 1 amide bonds. The van der Waals surface area contributed by atoms with Crippen molar-refractivity contribution in [3.8, 4) is 5.75 Å². The summed E-state index contributed by atoms with van der Waals surface area (Å²) >= 11 is 0. The van der Waals surface area contributed by atoms with E-state index in [0.717, 1.165) is 0 Å². The van der Waals surface area contributed by atoms with Crippen LogP contribution in [0, 0.1) is 5.82 Å². The molecule has 0 fully saturated rings. The van der Waals surface area contributed by atoms with Gasteiger partial charge in [0.15, 0.2) is 6.61 Å². The topological polar surface area (TPSA) is 88.0 Å². The van der Waals surface area contributed by atoms with E-state index in [9.17, 15) is 14.0 Å². The van der Waals surface area contributed by atoms with Gasteiger partial charge in [0.05, 0.1) is 12.6 Å². The lowest BCUT2D eigenvalue weighted by Gasteiger charge is -2.03. The van der Waals surface area contributed by atoms with Crippen molar-refractivity contribution < 1.29 is 23.8 Å². The summed E-state index contributed by atoms with van der Waals surface area (Å²) in [6.45, 7) is -0.410. The molecule has 124 valence electrons. The molecule has 2 N–H and O–H groups in total. The van der Waals surface area contributed by atoms with E-state index in [1.54, 1.807) is 24.3 Å². The molecule has 0 saturated heterocycles. The number of carboxylic acid groups (broad SMARTS) is 1. The number of nitrogens with zero attached hydrogens (tertiary/aromatic N) is 1. The minimum absolute atomic E-state index is 0.0968. The van der Waals surface area contributed by atoms with Crippen LogP contribution in [-0.4, -0.2) is 29.8 Å². The van der Waals surface area contributed by atoms with Gasteiger partial charge in [-0.1, -0.05) is 12.1 Å². The third kappa shape index (κ3) is 5.88. The number of aliphatic carboxylic acids is 1. The fourth-order valence-corrected chi connectivity index (χ4v) is 1.80. The number of hydrazone groups is 1. The van der Waals surface area contributed by atoms with Crippen molar-refractivity contribution in [3.05, 3.63) is 65.5 Å². The fraction of sp³-hybridized carbons (Fsp3) is 0.118. The minimum atomic E-state index is -1.05. The molecular weight excluding hydrogens is 315 g/mol. The van der Waals surface area contributed by atoms with E-state index >= 15 is 0 Å². The van der Waals surface area contributed by atoms with Crippen LogP contribution >= 0.6 is 0 Å². The Bertz CT molecular complexity index is 727. The Balaban J connectivity index is 1.81. The van der Waals surface area contributed by atoms with Gasteiger partial charge < -0.3 is 9.84 Å². The van der Waals surface area contributed by atoms with E-state index < -0.39 is 12.6 Å². The van der Waals surface area contributed by atoms with Crippen LogP contribution in [0.3, 0.4) is 0 Å². The molecule has 0 heterocycles. The summed E-state index contributed by atoms with van der Waals surface area (Å²) in [5.41, 5.74) is 3.77. The molecular formula is C17H15FN2O4. The molecule has 0 bridgehead atoms. The normalized spacial score (nSPS) is 10.5. The second kappa shape index (κ2) is 8.42. The molecule has 2 aromatic rings. The summed E-state index contributed by atoms with van der Waals surface area (Å²) in [6, 6.07) is 12.2. The molecule has 0 radical (unpaired) electrons. The third-order valence-corrected chi connectivity index (χ3v) is 2.92. The van der Waals surface area contributed by atoms with Gasteiger partial charge in [-0.25, -0.2) is 14.6 Å². The number of ether oxygens (including phenoxy) is 1. The van der Waals surface area contributed by atoms with Crippen LogP contribution in [0.4, 0.5) is 4.39 Å². The number of nitrogens with one attached hydrogen (secondary N) is 1. The number of halogens is 1. The van der Waals surface area contributed by atoms with Crippen LogP contribution in [0.25, 0.3) is 0 Å². The van der Waals surface area contributed by atoms with Crippen molar-refractivity contribution in [2.75, 3.05) is 6.61 Å². The number of rotatable bonds is 7. The van der Waals surface area contributed by atoms with Gasteiger partial charge in [-0.15, -0.1) is 0 Å². The third-order valence-electron chi connectivity index (χ3n) is 2.92. The molecule has 0 aliphatic carbocycles. The van der Waals surface area contributed by atoms with E-state index in [1.165, 1.54) is 30.5 Å². The lowest BCUT2D eigenvalue weighted by Crippen LogP contribution is -2.19. The first kappa shape index (κ1) is 17.1. The van der Waals surface area contributed by atoms with E-state index in [0.29, 0.717) is 16.9 Å². The lowest BCUT2D eigenvalue weighted by molar-refractivity contribution is -0.139. The molecule has 2 rings (SSSR count). The van der Waals surface area contributed by atoms with E-state index in [1.807, 2.05) is 0 Å². The summed E-state index contributed by atoms with van der Waals surface area (Å²) in [7, 11) is 0. The highest BCUT2D eigenvalue weighted by atomic mass is 19.1. The highest BCUT2D eigenvalue weighted by molar-refractivity contribution is 5.83. The number of carbonyl (C=O) groups is 2. The predicted molar refractivity (Wildman–Crippen MR) is 85.4 cm³/mol. The molecule has 0 spiro atoms. The Morgan fingerprint density at radius 1 is 1.12 bits per heavy atom. The van der Waals surface area contributed by atoms with Gasteiger partial charge in [0.25, 0.3) is 0 Å². The van der Waals surface area contributed by atoms with Gasteiger partial charge in [-0.3, -0.25) is 4.79 Å². The summed E-state index contributed by atoms with van der Waals surface area (Å²) in [6.07, 6.45) is 1.54. The molecule has 0 aliphatic rings. The lowest BCUT2D eigenvalue weighted by atomic mass is 10.1. The number of hydrogen-bond acceptors (Lipinski definition) is 4. The first-order chi connectivity index (χ1) is 11.5. The molecule has 24 heavy (non-hydrogen) atoms. The zero-order valence-electron chi connectivity index (χ0n) is 12.6. The molecule has 0 unspecified atom stereocenters. The van der Waals surface area contributed by atoms with Gasteiger partial charge in [-0.2, -0.15) is 5.10 Å². The number of benzene rings is 2. The molecule has 0 saturated carbocycles. The number of hydrogen-bond donors (Lipinski definition) is 2. The van der Waals surface area contributed by atoms with Crippen molar-refractivity contribution >= 4 is 18.1 Å². The summed E-state index contributed by atoms with van der Waals surface area (Å²) in [5.74, 6) is -1.30. The van der Waals surface area contributed by atoms with Crippen LogP contribution in [0.2, 0.25) is 0 Å². The molecule has 7 heteroatoms. The largest absolute Gasteiger partial charge is 0.482 e. The standard InChI is InChI=1S/C17H15FN2O4/c18-14-5-1-12(2-6-14)9-16(21)20-19-10-13-3-7-15(8-4-13)24-11-17(22)23/h1-8,10H,9,11H2,(H,20,21)(H,22,23)/b19-10+. The average molecular weight is 330 g/mol. The van der Waals surface area contributed by atoms with Crippen LogP contribution in [0.5, 0.6) is 5.75 Å². The van der Waals surface area contributed by atoms with Gasteiger partial charge in [0.2, 0.25) is 5.91 Å². The molecule has 0 aliphatic heterocycles. The maximum absolute atomic E-state index is 12.8. The maximum atomic E-state index is 12.8. The second-order valence-corrected chi connectivity index (χ2v) is 4.85. The highest BCUT2D eigenvalue weighted by Gasteiger charge is 2.02. The van der Waals surface area contributed by atoms with Gasteiger partial charge in [0, 0.05) is 0 Å². The van der Waals surface area contributed by atoms with Crippen LogP contribution in [0.15, 0.2) is 53.6 Å². The summed E-state index contributed by atoms with van der Waals surface area (Å²) < 4.78 is 17.8. The molecule has 2 aromatic carbocycles. The Hall–Kier alpha value is -3.22. The fourth-order valence-electron chi connectivity index (χ4n) is 1.80. The minimum Gasteiger partial charge on any atom is -0.482 e. The quantitative estimate of drug-likeness (QED) is 0.600. The van der Waals surface area contributed by atoms with E-state index in [2.05, 4.69) is 10.5 Å². The van der Waals surface area contributed by atoms with Crippen molar-refractivity contribution in [3.63, 3.8) is 0 Å². The van der Waals surface area contributed by atoms with Crippen LogP contribution in [0.1, 0.15) is 11.1 Å². The first-order valence-corrected chi connectivity index (χ1v) is 7.04. The Morgan fingerprint density at radius 3 is 2.42 bits per heavy atom. The molecule has 6 nitrogen and oxygen atoms in total. The summed E-state index contributed by atoms with van der Waals surface area (Å²) in [5, 5.41) is 12.3. The van der Waals surface area contributed by atoms with Crippen molar-refractivity contribution in [1.82, 2.24) is 5.43 Å². The maximum Gasteiger partial charge on any atom is 0.341 e. The second-order valence-electron chi connectivity index (χ2n) is 4.85. The number of carboxylic acids is 1. The summed E-state index contributed by atoms with van der Waals surface area (Å²) in [4.78, 5) is 22.1. The zero-order valence-corrected chi connectivity index (χ0v) is 12.6. The SMILES string of the molecule is O=C(O)COc1ccc(/C=N/NC(=O)Cc2ccc(F)cc2)cc1. The Kier molecular flexibility index (Phi) is 6.01. The molecule has 0 atom stereocenters. The smallest absolute Gasteiger partial charge is 0.341 e. The van der Waals surface area contributed by atoms with E-state index in [-0.39, 0.29) is 18.1 Å². The Labute approximate surface area is 137 Å². The first-order valence-electron chi connectivity index (χ1n) is 7.04. The highest BCUT2D eigenvalue weighted by Crippen LogP contribution is 2.10. The van der Waals surface area contributed by atoms with Gasteiger partial charge >= 0.3 is 5.97 Å². The number of amides is 1. The average Bonchev–Trinajstić information content (AvgIpc) is 2.56. The van der Waals surface area contributed by atoms with Gasteiger partial charge in [0.1, 0.15) is 11.6 Å². The molecule has 0 aromatic heterocycles. The van der Waals surface area contributed by atoms with Gasteiger partial charge in [-0.05, 0) is 47.5 Å². The monoisotopic (exact) mass is 330 g/mol. The van der Waals surface area contributed by atoms with E-state index in [4.69, 9.17) is 9.84 Å². The van der Waals surface area contributed by atoms with Crippen molar-refractivity contribution in [2.45, 2.75) is 6.42 Å². The van der Waals surface area contributed by atoms with Crippen molar-refractivity contribution in [1.29, 1.82) is 0 Å². The van der Waals surface area contributed by atoms with Crippen LogP contribution in [-0.2, 0) is 16.0 Å². The Morgan fingerprint density at radius 2 is 1.79 bits per heavy atom.